The molecule has 0 bridgehead atoms. The number of aryl methyl sites for hydroxylation is 1. The molecule has 2 aromatic rings. The number of benzene rings is 1. The van der Waals surface area contributed by atoms with Gasteiger partial charge in [0.1, 0.15) is 16.8 Å². The lowest BCUT2D eigenvalue weighted by Crippen LogP contribution is -2.38. The summed E-state index contributed by atoms with van der Waals surface area (Å²) in [6.45, 7) is 6.33. The van der Waals surface area contributed by atoms with Gasteiger partial charge in [0.2, 0.25) is 11.8 Å². The van der Waals surface area contributed by atoms with Crippen LogP contribution in [0.25, 0.3) is 0 Å². The Labute approximate surface area is 168 Å². The van der Waals surface area contributed by atoms with Crippen molar-refractivity contribution < 1.29 is 14.3 Å². The molecule has 0 aliphatic rings. The summed E-state index contributed by atoms with van der Waals surface area (Å²) in [5.41, 5.74) is 2.01. The Balaban J connectivity index is 1.94. The first-order chi connectivity index (χ1) is 13.4. The van der Waals surface area contributed by atoms with Crippen molar-refractivity contribution in [1.29, 1.82) is 5.26 Å². The number of anilines is 2. The first-order valence-corrected chi connectivity index (χ1v) is 9.65. The van der Waals surface area contributed by atoms with Gasteiger partial charge in [0.15, 0.2) is 0 Å². The minimum absolute atomic E-state index is 0.0584. The number of hydrogen-bond acceptors (Lipinski definition) is 6. The van der Waals surface area contributed by atoms with Crippen LogP contribution in [0.15, 0.2) is 24.3 Å². The number of rotatable bonds is 8. The van der Waals surface area contributed by atoms with E-state index in [-0.39, 0.29) is 24.9 Å². The number of ether oxygens (including phenoxy) is 1. The van der Waals surface area contributed by atoms with Gasteiger partial charge in [-0.3, -0.25) is 14.5 Å². The summed E-state index contributed by atoms with van der Waals surface area (Å²) in [4.78, 5) is 27.4. The van der Waals surface area contributed by atoms with E-state index in [2.05, 4.69) is 16.7 Å². The van der Waals surface area contributed by atoms with E-state index in [1.54, 1.807) is 36.3 Å². The second-order valence-corrected chi connectivity index (χ2v) is 7.46. The van der Waals surface area contributed by atoms with Crippen molar-refractivity contribution in [2.75, 3.05) is 37.4 Å². The lowest BCUT2D eigenvalue weighted by atomic mass is 10.2. The summed E-state index contributed by atoms with van der Waals surface area (Å²) < 4.78 is 5.14. The largest absolute Gasteiger partial charge is 0.497 e. The average molecular weight is 401 g/mol. The molecular weight excluding hydrogens is 376 g/mol. The van der Waals surface area contributed by atoms with E-state index >= 15 is 0 Å². The van der Waals surface area contributed by atoms with Gasteiger partial charge in [-0.1, -0.05) is 13.0 Å². The SMILES string of the molecule is CCN(CC(=O)Nc1cccc(OC)c1)CC(=O)Nc1sc(C)c(C)c1C#N. The van der Waals surface area contributed by atoms with Gasteiger partial charge in [-0.2, -0.15) is 5.26 Å². The van der Waals surface area contributed by atoms with Gasteiger partial charge in [0, 0.05) is 16.6 Å². The second-order valence-electron chi connectivity index (χ2n) is 6.23. The van der Waals surface area contributed by atoms with Gasteiger partial charge in [-0.25, -0.2) is 0 Å². The zero-order chi connectivity index (χ0) is 20.7. The molecule has 2 amide bonds. The number of likely N-dealkylation sites (N-methyl/N-ethyl adjacent to an activating group) is 1. The molecule has 0 spiro atoms. The highest BCUT2D eigenvalue weighted by molar-refractivity contribution is 7.16. The number of carbonyl (C=O) groups is 2. The molecular formula is C20H24N4O3S. The van der Waals surface area contributed by atoms with E-state index in [1.807, 2.05) is 20.8 Å². The molecule has 1 heterocycles. The number of thiophene rings is 1. The number of nitrogens with one attached hydrogen (secondary N) is 2. The summed E-state index contributed by atoms with van der Waals surface area (Å²) in [5.74, 6) is 0.177. The Bertz CT molecular complexity index is 901. The number of carbonyl (C=O) groups excluding carboxylic acids is 2. The van der Waals surface area contributed by atoms with E-state index in [4.69, 9.17) is 4.74 Å². The fourth-order valence-corrected chi connectivity index (χ4v) is 3.63. The zero-order valence-electron chi connectivity index (χ0n) is 16.5. The Morgan fingerprint density at radius 3 is 2.50 bits per heavy atom. The molecule has 28 heavy (non-hydrogen) atoms. The van der Waals surface area contributed by atoms with Gasteiger partial charge >= 0.3 is 0 Å². The number of nitrogens with zero attached hydrogens (tertiary/aromatic N) is 2. The molecule has 0 saturated heterocycles. The van der Waals surface area contributed by atoms with Crippen molar-refractivity contribution in [2.45, 2.75) is 20.8 Å². The average Bonchev–Trinajstić information content (AvgIpc) is 2.93. The fraction of sp³-hybridized carbons (Fsp3) is 0.350. The molecule has 0 aliphatic carbocycles. The van der Waals surface area contributed by atoms with Gasteiger partial charge in [-0.05, 0) is 38.1 Å². The maximum Gasteiger partial charge on any atom is 0.239 e. The van der Waals surface area contributed by atoms with Gasteiger partial charge in [-0.15, -0.1) is 11.3 Å². The molecule has 1 aromatic heterocycles. The number of amides is 2. The zero-order valence-corrected chi connectivity index (χ0v) is 17.3. The van der Waals surface area contributed by atoms with Crippen LogP contribution in [0.2, 0.25) is 0 Å². The van der Waals surface area contributed by atoms with E-state index in [0.717, 1.165) is 10.4 Å². The molecule has 0 atom stereocenters. The van der Waals surface area contributed by atoms with Crippen LogP contribution in [-0.2, 0) is 9.59 Å². The monoisotopic (exact) mass is 400 g/mol. The van der Waals surface area contributed by atoms with Crippen LogP contribution in [0.3, 0.4) is 0 Å². The molecule has 2 rings (SSSR count). The van der Waals surface area contributed by atoms with Crippen molar-refractivity contribution in [1.82, 2.24) is 4.90 Å². The minimum Gasteiger partial charge on any atom is -0.497 e. The van der Waals surface area contributed by atoms with Crippen molar-refractivity contribution in [2.24, 2.45) is 0 Å². The molecule has 0 fully saturated rings. The van der Waals surface area contributed by atoms with Crippen molar-refractivity contribution in [3.63, 3.8) is 0 Å². The highest BCUT2D eigenvalue weighted by Crippen LogP contribution is 2.31. The summed E-state index contributed by atoms with van der Waals surface area (Å²) in [6, 6.07) is 9.22. The molecule has 7 nitrogen and oxygen atoms in total. The Hall–Kier alpha value is -2.89. The molecule has 0 unspecified atom stereocenters. The van der Waals surface area contributed by atoms with E-state index < -0.39 is 0 Å². The first-order valence-electron chi connectivity index (χ1n) is 8.84. The van der Waals surface area contributed by atoms with Crippen molar-refractivity contribution in [3.05, 3.63) is 40.3 Å². The standard InChI is InChI=1S/C20H24N4O3S/c1-5-24(11-18(25)22-15-7-6-8-16(9-15)27-4)12-19(26)23-20-17(10-21)13(2)14(3)28-20/h6-9H,5,11-12H2,1-4H3,(H,22,25)(H,23,26). The summed E-state index contributed by atoms with van der Waals surface area (Å²) >= 11 is 1.38. The van der Waals surface area contributed by atoms with E-state index in [1.165, 1.54) is 11.3 Å². The molecule has 1 aromatic carbocycles. The number of methoxy groups -OCH3 is 1. The van der Waals surface area contributed by atoms with Crippen LogP contribution in [0.1, 0.15) is 22.9 Å². The summed E-state index contributed by atoms with van der Waals surface area (Å²) in [5, 5.41) is 15.4. The second kappa shape index (κ2) is 9.88. The molecule has 148 valence electrons. The van der Waals surface area contributed by atoms with Crippen LogP contribution < -0.4 is 15.4 Å². The van der Waals surface area contributed by atoms with Crippen LogP contribution in [0.5, 0.6) is 5.75 Å². The van der Waals surface area contributed by atoms with E-state index in [0.29, 0.717) is 28.5 Å². The Kier molecular flexibility index (Phi) is 7.55. The molecule has 8 heteroatoms. The third-order valence-electron chi connectivity index (χ3n) is 4.29. The predicted octanol–water partition coefficient (Wildman–Crippen LogP) is 3.14. The minimum atomic E-state index is -0.256. The van der Waals surface area contributed by atoms with Crippen molar-refractivity contribution >= 4 is 33.8 Å². The molecule has 0 radical (unpaired) electrons. The van der Waals surface area contributed by atoms with Crippen molar-refractivity contribution in [3.8, 4) is 11.8 Å². The van der Waals surface area contributed by atoms with Gasteiger partial charge in [0.05, 0.1) is 25.8 Å². The van der Waals surface area contributed by atoms with Crippen LogP contribution in [0.4, 0.5) is 10.7 Å². The van der Waals surface area contributed by atoms with Gasteiger partial charge in [0.25, 0.3) is 0 Å². The fourth-order valence-electron chi connectivity index (χ4n) is 2.60. The number of nitriles is 1. The van der Waals surface area contributed by atoms with Crippen LogP contribution >= 0.6 is 11.3 Å². The van der Waals surface area contributed by atoms with Crippen LogP contribution in [-0.4, -0.2) is 43.5 Å². The van der Waals surface area contributed by atoms with Crippen LogP contribution in [0, 0.1) is 25.2 Å². The van der Waals surface area contributed by atoms with Gasteiger partial charge < -0.3 is 15.4 Å². The topological polar surface area (TPSA) is 94.5 Å². The summed E-state index contributed by atoms with van der Waals surface area (Å²) in [7, 11) is 1.56. The lowest BCUT2D eigenvalue weighted by molar-refractivity contribution is -0.119. The third kappa shape index (κ3) is 5.55. The van der Waals surface area contributed by atoms with E-state index in [9.17, 15) is 14.9 Å². The molecule has 0 aliphatic heterocycles. The molecule has 2 N–H and O–H groups in total. The summed E-state index contributed by atoms with van der Waals surface area (Å²) in [6.07, 6.45) is 0. The predicted molar refractivity (Wildman–Crippen MR) is 111 cm³/mol. The first kappa shape index (κ1) is 21.4. The lowest BCUT2D eigenvalue weighted by Gasteiger charge is -2.19. The number of hydrogen-bond donors (Lipinski definition) is 2. The highest BCUT2D eigenvalue weighted by Gasteiger charge is 2.17. The Morgan fingerprint density at radius 1 is 1.21 bits per heavy atom. The quantitative estimate of drug-likeness (QED) is 0.710. The Morgan fingerprint density at radius 2 is 1.89 bits per heavy atom. The normalized spacial score (nSPS) is 10.4. The maximum absolute atomic E-state index is 12.4. The highest BCUT2D eigenvalue weighted by atomic mass is 32.1. The maximum atomic E-state index is 12.4. The third-order valence-corrected chi connectivity index (χ3v) is 5.41. The molecule has 0 saturated carbocycles. The smallest absolute Gasteiger partial charge is 0.239 e.